The van der Waals surface area contributed by atoms with Crippen LogP contribution in [0.25, 0.3) is 0 Å². The lowest BCUT2D eigenvalue weighted by molar-refractivity contribution is 0.206. The number of rotatable bonds is 4. The predicted octanol–water partition coefficient (Wildman–Crippen LogP) is 2.08. The van der Waals surface area contributed by atoms with Gasteiger partial charge in [0.15, 0.2) is 0 Å². The smallest absolute Gasteiger partial charge is 0.123 e. The lowest BCUT2D eigenvalue weighted by Gasteiger charge is -2.14. The Hall–Kier alpha value is -1.68. The molecule has 1 N–H and O–H groups in total. The van der Waals surface area contributed by atoms with Crippen molar-refractivity contribution in [3.8, 4) is 0 Å². The summed E-state index contributed by atoms with van der Waals surface area (Å²) in [4.78, 5) is 0. The minimum atomic E-state index is -0.655. The maximum atomic E-state index is 10.4. The van der Waals surface area contributed by atoms with Crippen LogP contribution in [0.5, 0.6) is 0 Å². The van der Waals surface area contributed by atoms with Crippen molar-refractivity contribution in [2.75, 3.05) is 0 Å². The summed E-state index contributed by atoms with van der Waals surface area (Å²) in [6.07, 6.45) is 1.95. The van der Waals surface area contributed by atoms with E-state index >= 15 is 0 Å². The maximum absolute atomic E-state index is 10.4. The lowest BCUT2D eigenvalue weighted by atomic mass is 10.0. The Balaban J connectivity index is 2.34. The summed E-state index contributed by atoms with van der Waals surface area (Å²) in [6.45, 7) is 4.84. The van der Waals surface area contributed by atoms with Crippen LogP contribution in [-0.2, 0) is 6.54 Å². The van der Waals surface area contributed by atoms with E-state index in [0.717, 1.165) is 29.8 Å². The minimum Gasteiger partial charge on any atom is -0.382 e. The van der Waals surface area contributed by atoms with Gasteiger partial charge in [-0.3, -0.25) is 0 Å². The molecule has 0 spiro atoms. The molecule has 0 radical (unpaired) electrons. The predicted molar refractivity (Wildman–Crippen MR) is 65.6 cm³/mol. The van der Waals surface area contributed by atoms with Crippen LogP contribution in [0, 0.1) is 6.92 Å². The Bertz CT molecular complexity index is 493. The van der Waals surface area contributed by atoms with Crippen LogP contribution in [0.4, 0.5) is 0 Å². The van der Waals surface area contributed by atoms with E-state index in [-0.39, 0.29) is 0 Å². The van der Waals surface area contributed by atoms with Crippen LogP contribution in [0.1, 0.15) is 36.3 Å². The van der Waals surface area contributed by atoms with E-state index in [2.05, 4.69) is 17.2 Å². The first kappa shape index (κ1) is 11.8. The maximum Gasteiger partial charge on any atom is 0.123 e. The first-order valence-electron chi connectivity index (χ1n) is 5.86. The van der Waals surface area contributed by atoms with Gasteiger partial charge in [0, 0.05) is 6.54 Å². The van der Waals surface area contributed by atoms with Crippen molar-refractivity contribution in [3.05, 3.63) is 47.3 Å². The molecule has 2 rings (SSSR count). The van der Waals surface area contributed by atoms with E-state index in [1.54, 1.807) is 10.9 Å². The molecule has 17 heavy (non-hydrogen) atoms. The first-order valence-corrected chi connectivity index (χ1v) is 5.86. The van der Waals surface area contributed by atoms with Crippen LogP contribution >= 0.6 is 0 Å². The van der Waals surface area contributed by atoms with Crippen molar-refractivity contribution in [3.63, 3.8) is 0 Å². The normalized spacial score (nSPS) is 12.6. The second-order valence-electron chi connectivity index (χ2n) is 4.14. The molecular formula is C13H17N3O. The number of aliphatic hydroxyl groups excluding tert-OH is 1. The van der Waals surface area contributed by atoms with Gasteiger partial charge >= 0.3 is 0 Å². The summed E-state index contributed by atoms with van der Waals surface area (Å²) in [7, 11) is 0. The van der Waals surface area contributed by atoms with Gasteiger partial charge in [-0.25, -0.2) is 4.68 Å². The van der Waals surface area contributed by atoms with Gasteiger partial charge in [0.25, 0.3) is 0 Å². The van der Waals surface area contributed by atoms with Crippen molar-refractivity contribution in [2.24, 2.45) is 0 Å². The Kier molecular flexibility index (Phi) is 3.54. The number of aliphatic hydroxyl groups is 1. The Labute approximate surface area is 101 Å². The standard InChI is InChI=1S/C13H17N3O/c1-3-8-16-12(9-14-15-16)13(17)11-7-5-4-6-10(11)2/h4-7,9,13,17H,3,8H2,1-2H3. The van der Waals surface area contributed by atoms with Crippen molar-refractivity contribution in [2.45, 2.75) is 32.9 Å². The van der Waals surface area contributed by atoms with Crippen LogP contribution in [0.15, 0.2) is 30.5 Å². The van der Waals surface area contributed by atoms with Crippen LogP contribution in [0.3, 0.4) is 0 Å². The zero-order valence-electron chi connectivity index (χ0n) is 10.2. The molecule has 0 aliphatic heterocycles. The molecule has 1 heterocycles. The monoisotopic (exact) mass is 231 g/mol. The summed E-state index contributed by atoms with van der Waals surface area (Å²) >= 11 is 0. The summed E-state index contributed by atoms with van der Waals surface area (Å²) < 4.78 is 1.76. The molecule has 4 nitrogen and oxygen atoms in total. The molecule has 2 aromatic rings. The largest absolute Gasteiger partial charge is 0.382 e. The summed E-state index contributed by atoms with van der Waals surface area (Å²) in [5, 5.41) is 18.2. The van der Waals surface area contributed by atoms with E-state index in [0.29, 0.717) is 0 Å². The molecule has 0 fully saturated rings. The minimum absolute atomic E-state index is 0.655. The van der Waals surface area contributed by atoms with Gasteiger partial charge in [0.1, 0.15) is 6.10 Å². The van der Waals surface area contributed by atoms with Gasteiger partial charge in [-0.15, -0.1) is 5.10 Å². The Morgan fingerprint density at radius 3 is 2.82 bits per heavy atom. The molecular weight excluding hydrogens is 214 g/mol. The first-order chi connectivity index (χ1) is 8.24. The van der Waals surface area contributed by atoms with Crippen LogP contribution in [-0.4, -0.2) is 20.1 Å². The van der Waals surface area contributed by atoms with Gasteiger partial charge in [-0.2, -0.15) is 0 Å². The fraction of sp³-hybridized carbons (Fsp3) is 0.385. The summed E-state index contributed by atoms with van der Waals surface area (Å²) in [5.74, 6) is 0. The Morgan fingerprint density at radius 1 is 1.35 bits per heavy atom. The average Bonchev–Trinajstić information content (AvgIpc) is 2.78. The topological polar surface area (TPSA) is 50.9 Å². The van der Waals surface area contributed by atoms with Crippen molar-refractivity contribution in [1.82, 2.24) is 15.0 Å². The van der Waals surface area contributed by atoms with Crippen molar-refractivity contribution >= 4 is 0 Å². The second-order valence-corrected chi connectivity index (χ2v) is 4.14. The van der Waals surface area contributed by atoms with Gasteiger partial charge in [-0.1, -0.05) is 36.4 Å². The SMILES string of the molecule is CCCn1nncc1C(O)c1ccccc1C. The molecule has 1 aromatic heterocycles. The third kappa shape index (κ3) is 2.36. The molecule has 0 aliphatic carbocycles. The van der Waals surface area contributed by atoms with E-state index in [9.17, 15) is 5.11 Å². The number of hydrogen-bond acceptors (Lipinski definition) is 3. The lowest BCUT2D eigenvalue weighted by Crippen LogP contribution is -2.11. The van der Waals surface area contributed by atoms with E-state index in [4.69, 9.17) is 0 Å². The van der Waals surface area contributed by atoms with Gasteiger partial charge < -0.3 is 5.11 Å². The van der Waals surface area contributed by atoms with Gasteiger partial charge in [-0.05, 0) is 24.5 Å². The van der Waals surface area contributed by atoms with E-state index in [1.165, 1.54) is 0 Å². The van der Waals surface area contributed by atoms with Gasteiger partial charge in [0.05, 0.1) is 11.9 Å². The molecule has 1 atom stereocenters. The quantitative estimate of drug-likeness (QED) is 0.876. The third-order valence-electron chi connectivity index (χ3n) is 2.85. The molecule has 0 aliphatic rings. The molecule has 0 saturated heterocycles. The van der Waals surface area contributed by atoms with E-state index in [1.807, 2.05) is 31.2 Å². The van der Waals surface area contributed by atoms with Crippen LogP contribution < -0.4 is 0 Å². The number of aryl methyl sites for hydroxylation is 2. The molecule has 0 saturated carbocycles. The highest BCUT2D eigenvalue weighted by atomic mass is 16.3. The third-order valence-corrected chi connectivity index (χ3v) is 2.85. The zero-order valence-corrected chi connectivity index (χ0v) is 10.2. The fourth-order valence-electron chi connectivity index (χ4n) is 1.92. The highest BCUT2D eigenvalue weighted by Gasteiger charge is 2.17. The fourth-order valence-corrected chi connectivity index (χ4v) is 1.92. The molecule has 1 unspecified atom stereocenters. The number of aromatic nitrogens is 3. The summed E-state index contributed by atoms with van der Waals surface area (Å²) in [5.41, 5.74) is 2.73. The molecule has 0 bridgehead atoms. The number of hydrogen-bond donors (Lipinski definition) is 1. The second kappa shape index (κ2) is 5.10. The highest BCUT2D eigenvalue weighted by molar-refractivity contribution is 5.31. The van der Waals surface area contributed by atoms with E-state index < -0.39 is 6.10 Å². The van der Waals surface area contributed by atoms with Crippen LogP contribution in [0.2, 0.25) is 0 Å². The van der Waals surface area contributed by atoms with Crippen molar-refractivity contribution < 1.29 is 5.11 Å². The molecule has 4 heteroatoms. The zero-order chi connectivity index (χ0) is 12.3. The molecule has 90 valence electrons. The van der Waals surface area contributed by atoms with Crippen molar-refractivity contribution in [1.29, 1.82) is 0 Å². The molecule has 1 aromatic carbocycles. The highest BCUT2D eigenvalue weighted by Crippen LogP contribution is 2.23. The number of benzene rings is 1. The van der Waals surface area contributed by atoms with Gasteiger partial charge in [0.2, 0.25) is 0 Å². The number of nitrogens with zero attached hydrogens (tertiary/aromatic N) is 3. The molecule has 0 amide bonds. The summed E-state index contributed by atoms with van der Waals surface area (Å²) in [6, 6.07) is 7.82. The average molecular weight is 231 g/mol. The Morgan fingerprint density at radius 2 is 2.12 bits per heavy atom.